The van der Waals surface area contributed by atoms with E-state index in [0.717, 1.165) is 31.1 Å². The first-order valence-corrected chi connectivity index (χ1v) is 7.86. The van der Waals surface area contributed by atoms with Gasteiger partial charge in [0.25, 0.3) is 0 Å². The van der Waals surface area contributed by atoms with Crippen LogP contribution in [-0.2, 0) is 13.1 Å². The molecule has 1 N–H and O–H groups in total. The standard InChI is InChI=1S/C19H20N2O2.ClH/c1-22-17-10-14-15(11-18(17)23-2)21-9-8-20-12-16(21)19(14)13-6-4-3-5-7-13;/h3-7,10-11,20H,8-9,12H2,1-2H3;1H. The average Bonchev–Trinajstić information content (AvgIpc) is 2.94. The Hall–Kier alpha value is -2.17. The Labute approximate surface area is 147 Å². The van der Waals surface area contributed by atoms with E-state index in [4.69, 9.17) is 9.47 Å². The summed E-state index contributed by atoms with van der Waals surface area (Å²) in [5.74, 6) is 1.55. The lowest BCUT2D eigenvalue weighted by atomic mass is 10.0. The molecule has 1 aliphatic rings. The maximum Gasteiger partial charge on any atom is 0.162 e. The predicted octanol–water partition coefficient (Wildman–Crippen LogP) is 3.85. The summed E-state index contributed by atoms with van der Waals surface area (Å²) in [4.78, 5) is 0. The molecule has 0 amide bonds. The van der Waals surface area contributed by atoms with Crippen molar-refractivity contribution in [3.05, 3.63) is 48.2 Å². The van der Waals surface area contributed by atoms with E-state index in [1.807, 2.05) is 0 Å². The van der Waals surface area contributed by atoms with Gasteiger partial charge in [-0.1, -0.05) is 30.3 Å². The van der Waals surface area contributed by atoms with Gasteiger partial charge in [-0.05, 0) is 11.6 Å². The largest absolute Gasteiger partial charge is 0.493 e. The van der Waals surface area contributed by atoms with Crippen LogP contribution < -0.4 is 14.8 Å². The van der Waals surface area contributed by atoms with Gasteiger partial charge in [0.2, 0.25) is 0 Å². The molecule has 0 aliphatic carbocycles. The highest BCUT2D eigenvalue weighted by Crippen LogP contribution is 2.41. The van der Waals surface area contributed by atoms with Crippen LogP contribution in [0.15, 0.2) is 42.5 Å². The fourth-order valence-electron chi connectivity index (χ4n) is 3.49. The maximum atomic E-state index is 5.52. The fourth-order valence-corrected chi connectivity index (χ4v) is 3.49. The highest BCUT2D eigenvalue weighted by molar-refractivity contribution is 6.00. The zero-order valence-electron chi connectivity index (χ0n) is 13.8. The topological polar surface area (TPSA) is 35.4 Å². The van der Waals surface area contributed by atoms with Crippen molar-refractivity contribution < 1.29 is 9.47 Å². The normalized spacial score (nSPS) is 13.2. The SMILES string of the molecule is COc1cc2c(-c3ccccc3)c3n(c2cc1OC)CCNC3.Cl. The smallest absolute Gasteiger partial charge is 0.162 e. The molecule has 5 heteroatoms. The van der Waals surface area contributed by atoms with E-state index in [1.165, 1.54) is 27.7 Å². The Morgan fingerprint density at radius 2 is 1.71 bits per heavy atom. The summed E-state index contributed by atoms with van der Waals surface area (Å²) in [5, 5.41) is 4.70. The molecule has 126 valence electrons. The van der Waals surface area contributed by atoms with Crippen molar-refractivity contribution in [1.29, 1.82) is 0 Å². The number of nitrogens with one attached hydrogen (secondary N) is 1. The van der Waals surface area contributed by atoms with E-state index in [9.17, 15) is 0 Å². The first-order chi connectivity index (χ1) is 11.3. The molecule has 3 aromatic rings. The van der Waals surface area contributed by atoms with Gasteiger partial charge >= 0.3 is 0 Å². The van der Waals surface area contributed by atoms with Crippen molar-refractivity contribution in [2.45, 2.75) is 13.1 Å². The van der Waals surface area contributed by atoms with Gasteiger partial charge in [-0.3, -0.25) is 0 Å². The predicted molar refractivity (Wildman–Crippen MR) is 99.4 cm³/mol. The Kier molecular flexibility index (Phi) is 4.69. The number of nitrogens with zero attached hydrogens (tertiary/aromatic N) is 1. The van der Waals surface area contributed by atoms with Crippen LogP contribution >= 0.6 is 12.4 Å². The number of halogens is 1. The van der Waals surface area contributed by atoms with Crippen LogP contribution in [0, 0.1) is 0 Å². The van der Waals surface area contributed by atoms with Gasteiger partial charge in [0.1, 0.15) is 0 Å². The monoisotopic (exact) mass is 344 g/mol. The molecule has 1 aliphatic heterocycles. The van der Waals surface area contributed by atoms with Crippen molar-refractivity contribution in [2.75, 3.05) is 20.8 Å². The second-order valence-electron chi connectivity index (χ2n) is 5.74. The van der Waals surface area contributed by atoms with Gasteiger partial charge in [0, 0.05) is 42.3 Å². The van der Waals surface area contributed by atoms with Gasteiger partial charge in [-0.2, -0.15) is 0 Å². The number of aromatic nitrogens is 1. The lowest BCUT2D eigenvalue weighted by Crippen LogP contribution is -2.27. The number of hydrogen-bond acceptors (Lipinski definition) is 3. The van der Waals surface area contributed by atoms with E-state index in [1.54, 1.807) is 14.2 Å². The summed E-state index contributed by atoms with van der Waals surface area (Å²) < 4.78 is 13.4. The summed E-state index contributed by atoms with van der Waals surface area (Å²) in [5.41, 5.74) is 5.06. The Bertz CT molecular complexity index is 859. The molecule has 2 heterocycles. The van der Waals surface area contributed by atoms with Crippen molar-refractivity contribution >= 4 is 23.3 Å². The highest BCUT2D eigenvalue weighted by Gasteiger charge is 2.22. The lowest BCUT2D eigenvalue weighted by Gasteiger charge is -2.19. The van der Waals surface area contributed by atoms with Gasteiger partial charge in [-0.25, -0.2) is 0 Å². The number of benzene rings is 2. The minimum Gasteiger partial charge on any atom is -0.493 e. The zero-order valence-corrected chi connectivity index (χ0v) is 14.7. The van der Waals surface area contributed by atoms with E-state index in [-0.39, 0.29) is 12.4 Å². The van der Waals surface area contributed by atoms with Crippen molar-refractivity contribution in [3.8, 4) is 22.6 Å². The number of methoxy groups -OCH3 is 2. The van der Waals surface area contributed by atoms with Gasteiger partial charge in [0.05, 0.1) is 19.7 Å². The maximum absolute atomic E-state index is 5.52. The summed E-state index contributed by atoms with van der Waals surface area (Å²) in [6.07, 6.45) is 0. The summed E-state index contributed by atoms with van der Waals surface area (Å²) in [6.45, 7) is 2.83. The Balaban J connectivity index is 0.00000169. The third kappa shape index (κ3) is 2.52. The van der Waals surface area contributed by atoms with E-state index < -0.39 is 0 Å². The van der Waals surface area contributed by atoms with Gasteiger partial charge < -0.3 is 19.4 Å². The number of hydrogen-bond donors (Lipinski definition) is 1. The second-order valence-corrected chi connectivity index (χ2v) is 5.74. The second kappa shape index (κ2) is 6.75. The Morgan fingerprint density at radius 1 is 1.00 bits per heavy atom. The van der Waals surface area contributed by atoms with Crippen molar-refractivity contribution in [2.24, 2.45) is 0 Å². The first kappa shape index (κ1) is 16.7. The van der Waals surface area contributed by atoms with E-state index in [0.29, 0.717) is 0 Å². The quantitative estimate of drug-likeness (QED) is 0.783. The van der Waals surface area contributed by atoms with E-state index in [2.05, 4.69) is 52.3 Å². The minimum absolute atomic E-state index is 0. The van der Waals surface area contributed by atoms with Crippen molar-refractivity contribution in [1.82, 2.24) is 9.88 Å². The van der Waals surface area contributed by atoms with Crippen LogP contribution in [0.25, 0.3) is 22.0 Å². The van der Waals surface area contributed by atoms with Crippen molar-refractivity contribution in [3.63, 3.8) is 0 Å². The molecule has 0 saturated heterocycles. The molecular weight excluding hydrogens is 324 g/mol. The van der Waals surface area contributed by atoms with Crippen LogP contribution in [-0.4, -0.2) is 25.3 Å². The molecule has 0 fully saturated rings. The van der Waals surface area contributed by atoms with Crippen LogP contribution in [0.3, 0.4) is 0 Å². The zero-order chi connectivity index (χ0) is 15.8. The van der Waals surface area contributed by atoms with Gasteiger partial charge in [-0.15, -0.1) is 12.4 Å². The molecule has 2 aromatic carbocycles. The van der Waals surface area contributed by atoms with Crippen LogP contribution in [0.1, 0.15) is 5.69 Å². The van der Waals surface area contributed by atoms with E-state index >= 15 is 0 Å². The molecule has 0 saturated carbocycles. The number of rotatable bonds is 3. The molecule has 24 heavy (non-hydrogen) atoms. The van der Waals surface area contributed by atoms with Crippen LogP contribution in [0.5, 0.6) is 11.5 Å². The molecule has 4 rings (SSSR count). The molecule has 0 bridgehead atoms. The van der Waals surface area contributed by atoms with Crippen LogP contribution in [0.2, 0.25) is 0 Å². The summed E-state index contributed by atoms with van der Waals surface area (Å²) in [7, 11) is 3.37. The molecule has 0 spiro atoms. The third-order valence-electron chi connectivity index (χ3n) is 4.54. The molecule has 0 radical (unpaired) electrons. The lowest BCUT2D eigenvalue weighted by molar-refractivity contribution is 0.355. The first-order valence-electron chi connectivity index (χ1n) is 7.86. The molecule has 0 atom stereocenters. The Morgan fingerprint density at radius 3 is 2.42 bits per heavy atom. The summed E-state index contributed by atoms with van der Waals surface area (Å²) >= 11 is 0. The average molecular weight is 345 g/mol. The summed E-state index contributed by atoms with van der Waals surface area (Å²) in [6, 6.07) is 14.7. The fraction of sp³-hybridized carbons (Fsp3) is 0.263. The molecule has 0 unspecified atom stereocenters. The highest BCUT2D eigenvalue weighted by atomic mass is 35.5. The third-order valence-corrected chi connectivity index (χ3v) is 4.54. The molecular formula is C19H21ClN2O2. The number of fused-ring (bicyclic) bond motifs is 3. The number of ether oxygens (including phenoxy) is 2. The minimum atomic E-state index is 0. The van der Waals surface area contributed by atoms with Gasteiger partial charge in [0.15, 0.2) is 11.5 Å². The molecule has 4 nitrogen and oxygen atoms in total. The molecule has 1 aromatic heterocycles. The van der Waals surface area contributed by atoms with Crippen LogP contribution in [0.4, 0.5) is 0 Å².